The number of aromatic nitrogens is 2. The van der Waals surface area contributed by atoms with E-state index in [0.29, 0.717) is 0 Å². The molecule has 0 atom stereocenters. The maximum absolute atomic E-state index is 6.16. The maximum atomic E-state index is 6.16. The molecule has 0 aliphatic carbocycles. The fraction of sp³-hybridized carbons (Fsp3) is 0.350. The molecule has 0 radical (unpaired) electrons. The van der Waals surface area contributed by atoms with Crippen molar-refractivity contribution >= 4 is 22.5 Å². The SMILES string of the molecule is CN1CCN(Cc2cncc(-c3cc4ccc(Cl)cc4n3C)c2)CC1. The zero-order chi connectivity index (χ0) is 17.4. The van der Waals surface area contributed by atoms with E-state index in [2.05, 4.69) is 51.6 Å². The first-order chi connectivity index (χ1) is 12.1. The van der Waals surface area contributed by atoms with Crippen LogP contribution >= 0.6 is 11.6 Å². The van der Waals surface area contributed by atoms with Crippen molar-refractivity contribution in [2.24, 2.45) is 7.05 Å². The number of hydrogen-bond donors (Lipinski definition) is 0. The highest BCUT2D eigenvalue weighted by Gasteiger charge is 2.15. The lowest BCUT2D eigenvalue weighted by atomic mass is 10.1. The number of rotatable bonds is 3. The molecule has 0 unspecified atom stereocenters. The molecule has 0 amide bonds. The number of likely N-dealkylation sites (N-methyl/N-ethyl adjacent to an activating group) is 1. The highest BCUT2D eigenvalue weighted by atomic mass is 35.5. The summed E-state index contributed by atoms with van der Waals surface area (Å²) in [5.74, 6) is 0. The number of halogens is 1. The van der Waals surface area contributed by atoms with Crippen LogP contribution in [0.25, 0.3) is 22.2 Å². The topological polar surface area (TPSA) is 24.3 Å². The molecule has 1 aromatic carbocycles. The molecule has 2 aromatic heterocycles. The van der Waals surface area contributed by atoms with Gasteiger partial charge in [-0.05, 0) is 36.9 Å². The van der Waals surface area contributed by atoms with Crippen molar-refractivity contribution in [1.29, 1.82) is 0 Å². The van der Waals surface area contributed by atoms with E-state index in [1.807, 2.05) is 24.5 Å². The van der Waals surface area contributed by atoms with Crippen molar-refractivity contribution < 1.29 is 0 Å². The Morgan fingerprint density at radius 2 is 1.80 bits per heavy atom. The Kier molecular flexibility index (Phi) is 4.50. The number of nitrogens with zero attached hydrogens (tertiary/aromatic N) is 4. The second-order valence-electron chi connectivity index (χ2n) is 6.95. The maximum Gasteiger partial charge on any atom is 0.0504 e. The van der Waals surface area contributed by atoms with E-state index >= 15 is 0 Å². The van der Waals surface area contributed by atoms with E-state index in [1.54, 1.807) is 0 Å². The van der Waals surface area contributed by atoms with Crippen molar-refractivity contribution in [3.8, 4) is 11.3 Å². The summed E-state index contributed by atoms with van der Waals surface area (Å²) in [5.41, 5.74) is 4.74. The minimum atomic E-state index is 0.766. The van der Waals surface area contributed by atoms with Crippen molar-refractivity contribution in [2.45, 2.75) is 6.54 Å². The molecule has 3 aromatic rings. The lowest BCUT2D eigenvalue weighted by molar-refractivity contribution is 0.148. The number of aryl methyl sites for hydroxylation is 1. The van der Waals surface area contributed by atoms with Gasteiger partial charge < -0.3 is 9.47 Å². The fourth-order valence-electron chi connectivity index (χ4n) is 3.56. The van der Waals surface area contributed by atoms with Gasteiger partial charge >= 0.3 is 0 Å². The Hall–Kier alpha value is -1.88. The second-order valence-corrected chi connectivity index (χ2v) is 7.39. The van der Waals surface area contributed by atoms with Crippen molar-refractivity contribution in [2.75, 3.05) is 33.2 Å². The number of pyridine rings is 1. The van der Waals surface area contributed by atoms with Gasteiger partial charge in [0, 0.05) is 73.7 Å². The summed E-state index contributed by atoms with van der Waals surface area (Å²) >= 11 is 6.16. The van der Waals surface area contributed by atoms with Crippen LogP contribution in [0.2, 0.25) is 5.02 Å². The van der Waals surface area contributed by atoms with Gasteiger partial charge in [0.05, 0.1) is 5.69 Å². The molecule has 25 heavy (non-hydrogen) atoms. The van der Waals surface area contributed by atoms with Gasteiger partial charge in [0.1, 0.15) is 0 Å². The predicted molar refractivity (Wildman–Crippen MR) is 104 cm³/mol. The minimum Gasteiger partial charge on any atom is -0.344 e. The first-order valence-electron chi connectivity index (χ1n) is 8.70. The van der Waals surface area contributed by atoms with Gasteiger partial charge in [0.25, 0.3) is 0 Å². The van der Waals surface area contributed by atoms with E-state index in [4.69, 9.17) is 11.6 Å². The average Bonchev–Trinajstić information content (AvgIpc) is 2.94. The molecule has 0 spiro atoms. The molecule has 1 aliphatic heterocycles. The van der Waals surface area contributed by atoms with E-state index in [9.17, 15) is 0 Å². The quantitative estimate of drug-likeness (QED) is 0.717. The van der Waals surface area contributed by atoms with E-state index < -0.39 is 0 Å². The van der Waals surface area contributed by atoms with Gasteiger partial charge in [0.15, 0.2) is 0 Å². The van der Waals surface area contributed by atoms with Crippen molar-refractivity contribution in [3.05, 3.63) is 53.3 Å². The number of hydrogen-bond acceptors (Lipinski definition) is 3. The third kappa shape index (κ3) is 3.43. The van der Waals surface area contributed by atoms with Gasteiger partial charge in [-0.25, -0.2) is 0 Å². The minimum absolute atomic E-state index is 0.766. The third-order valence-electron chi connectivity index (χ3n) is 5.10. The van der Waals surface area contributed by atoms with Gasteiger partial charge in [-0.2, -0.15) is 0 Å². The van der Waals surface area contributed by atoms with Crippen molar-refractivity contribution in [1.82, 2.24) is 19.4 Å². The van der Waals surface area contributed by atoms with Crippen LogP contribution < -0.4 is 0 Å². The van der Waals surface area contributed by atoms with Crippen LogP contribution in [0.1, 0.15) is 5.56 Å². The Balaban J connectivity index is 1.62. The van der Waals surface area contributed by atoms with Crippen LogP contribution in [0.4, 0.5) is 0 Å². The fourth-order valence-corrected chi connectivity index (χ4v) is 3.72. The van der Waals surface area contributed by atoms with Crippen molar-refractivity contribution in [3.63, 3.8) is 0 Å². The predicted octanol–water partition coefficient (Wildman–Crippen LogP) is 3.64. The third-order valence-corrected chi connectivity index (χ3v) is 5.34. The summed E-state index contributed by atoms with van der Waals surface area (Å²) in [4.78, 5) is 9.38. The summed E-state index contributed by atoms with van der Waals surface area (Å²) in [6.45, 7) is 5.47. The Bertz CT molecular complexity index is 894. The monoisotopic (exact) mass is 354 g/mol. The van der Waals surface area contributed by atoms with Crippen LogP contribution in [-0.2, 0) is 13.6 Å². The van der Waals surface area contributed by atoms with Crippen LogP contribution in [0.5, 0.6) is 0 Å². The lowest BCUT2D eigenvalue weighted by Gasteiger charge is -2.32. The van der Waals surface area contributed by atoms with E-state index in [1.165, 1.54) is 16.6 Å². The Morgan fingerprint density at radius 1 is 1.00 bits per heavy atom. The summed E-state index contributed by atoms with van der Waals surface area (Å²) in [6.07, 6.45) is 3.94. The first-order valence-corrected chi connectivity index (χ1v) is 9.08. The number of piperazine rings is 1. The van der Waals surface area contributed by atoms with Crippen LogP contribution in [0, 0.1) is 0 Å². The molecule has 5 heteroatoms. The van der Waals surface area contributed by atoms with Crippen LogP contribution in [0.3, 0.4) is 0 Å². The Labute approximate surface area is 153 Å². The normalized spacial score (nSPS) is 16.6. The average molecular weight is 355 g/mol. The van der Waals surface area contributed by atoms with E-state index in [0.717, 1.165) is 48.8 Å². The van der Waals surface area contributed by atoms with E-state index in [-0.39, 0.29) is 0 Å². The molecular weight excluding hydrogens is 332 g/mol. The van der Waals surface area contributed by atoms with Crippen LogP contribution in [-0.4, -0.2) is 52.6 Å². The molecule has 0 bridgehead atoms. The molecule has 1 aliphatic rings. The molecule has 3 heterocycles. The zero-order valence-electron chi connectivity index (χ0n) is 14.7. The molecule has 130 valence electrons. The highest BCUT2D eigenvalue weighted by Crippen LogP contribution is 2.29. The van der Waals surface area contributed by atoms with Gasteiger partial charge in [-0.3, -0.25) is 9.88 Å². The molecule has 0 saturated carbocycles. The first kappa shape index (κ1) is 16.6. The summed E-state index contributed by atoms with van der Waals surface area (Å²) < 4.78 is 2.19. The zero-order valence-corrected chi connectivity index (χ0v) is 15.5. The highest BCUT2D eigenvalue weighted by molar-refractivity contribution is 6.31. The number of fused-ring (bicyclic) bond motifs is 1. The van der Waals surface area contributed by atoms with Gasteiger partial charge in [-0.1, -0.05) is 17.7 Å². The second kappa shape index (κ2) is 6.79. The van der Waals surface area contributed by atoms with Crippen LogP contribution in [0.15, 0.2) is 42.7 Å². The molecule has 0 N–H and O–H groups in total. The largest absolute Gasteiger partial charge is 0.344 e. The van der Waals surface area contributed by atoms with Gasteiger partial charge in [-0.15, -0.1) is 0 Å². The molecular formula is C20H23ClN4. The Morgan fingerprint density at radius 3 is 2.60 bits per heavy atom. The number of benzene rings is 1. The molecule has 4 rings (SSSR count). The smallest absolute Gasteiger partial charge is 0.0504 e. The molecule has 4 nitrogen and oxygen atoms in total. The van der Waals surface area contributed by atoms with Gasteiger partial charge in [0.2, 0.25) is 0 Å². The summed E-state index contributed by atoms with van der Waals surface area (Å²) in [7, 11) is 4.27. The molecule has 1 saturated heterocycles. The summed E-state index contributed by atoms with van der Waals surface area (Å²) in [5, 5.41) is 1.97. The standard InChI is InChI=1S/C20H23ClN4/c1-23-5-7-25(8-6-23)14-15-9-17(13-22-12-15)19-10-16-3-4-18(21)11-20(16)24(19)2/h3-4,9-13H,5-8,14H2,1-2H3. The summed E-state index contributed by atoms with van der Waals surface area (Å²) in [6, 6.07) is 10.5. The lowest BCUT2D eigenvalue weighted by Crippen LogP contribution is -2.43. The molecule has 1 fully saturated rings.